The summed E-state index contributed by atoms with van der Waals surface area (Å²) in [4.78, 5) is 14.2. The van der Waals surface area contributed by atoms with E-state index in [1.807, 2.05) is 22.9 Å². The summed E-state index contributed by atoms with van der Waals surface area (Å²) in [6.07, 6.45) is -0.0775. The van der Waals surface area contributed by atoms with Crippen LogP contribution in [-0.2, 0) is 4.74 Å². The van der Waals surface area contributed by atoms with Gasteiger partial charge in [-0.15, -0.1) is 11.3 Å². The lowest BCUT2D eigenvalue weighted by molar-refractivity contribution is 0.0838. The highest BCUT2D eigenvalue weighted by atomic mass is 32.1. The highest BCUT2D eigenvalue weighted by molar-refractivity contribution is 7.12. The highest BCUT2D eigenvalue weighted by Crippen LogP contribution is 2.24. The van der Waals surface area contributed by atoms with Crippen molar-refractivity contribution in [3.05, 3.63) is 44.3 Å². The fourth-order valence-corrected chi connectivity index (χ4v) is 3.20. The molecule has 18 heavy (non-hydrogen) atoms. The van der Waals surface area contributed by atoms with Gasteiger partial charge in [0.25, 0.3) is 5.91 Å². The third kappa shape index (κ3) is 3.19. The molecular formula is C13H15NO2S2. The fraction of sp³-hybridized carbons (Fsp3) is 0.308. The predicted octanol–water partition coefficient (Wildman–Crippen LogP) is 3.24. The molecule has 0 saturated carbocycles. The maximum atomic E-state index is 11.8. The van der Waals surface area contributed by atoms with Crippen LogP contribution < -0.4 is 5.32 Å². The molecule has 5 heteroatoms. The minimum Gasteiger partial charge on any atom is -0.374 e. The van der Waals surface area contributed by atoms with Crippen LogP contribution in [0, 0.1) is 6.92 Å². The van der Waals surface area contributed by atoms with Gasteiger partial charge in [0, 0.05) is 34.4 Å². The Morgan fingerprint density at radius 2 is 2.28 bits per heavy atom. The molecule has 3 nitrogen and oxygen atoms in total. The molecule has 0 aliphatic rings. The summed E-state index contributed by atoms with van der Waals surface area (Å²) in [5.74, 6) is -0.0495. The van der Waals surface area contributed by atoms with Gasteiger partial charge in [-0.3, -0.25) is 4.79 Å². The van der Waals surface area contributed by atoms with Gasteiger partial charge >= 0.3 is 0 Å². The van der Waals surface area contributed by atoms with Gasteiger partial charge in [-0.05, 0) is 30.5 Å². The first-order chi connectivity index (χ1) is 8.70. The van der Waals surface area contributed by atoms with Crippen molar-refractivity contribution < 1.29 is 9.53 Å². The third-order valence-electron chi connectivity index (χ3n) is 2.59. The standard InChI is InChI=1S/C13H15NO2S2/c1-9-3-4-12(18-9)11(16-2)7-14-13(15)10-5-6-17-8-10/h3-6,8,11H,7H2,1-2H3,(H,14,15). The summed E-state index contributed by atoms with van der Waals surface area (Å²) in [7, 11) is 1.66. The van der Waals surface area contributed by atoms with Gasteiger partial charge in [-0.1, -0.05) is 0 Å². The number of methoxy groups -OCH3 is 1. The topological polar surface area (TPSA) is 38.3 Å². The van der Waals surface area contributed by atoms with Crippen LogP contribution in [0.5, 0.6) is 0 Å². The van der Waals surface area contributed by atoms with Gasteiger partial charge in [0.05, 0.1) is 0 Å². The van der Waals surface area contributed by atoms with Gasteiger partial charge in [0.15, 0.2) is 0 Å². The van der Waals surface area contributed by atoms with E-state index in [4.69, 9.17) is 4.74 Å². The minimum atomic E-state index is -0.0775. The predicted molar refractivity (Wildman–Crippen MR) is 75.5 cm³/mol. The Morgan fingerprint density at radius 3 is 2.83 bits per heavy atom. The summed E-state index contributed by atoms with van der Waals surface area (Å²) >= 11 is 3.21. The summed E-state index contributed by atoms with van der Waals surface area (Å²) in [5.41, 5.74) is 0.706. The van der Waals surface area contributed by atoms with Crippen molar-refractivity contribution in [3.8, 4) is 0 Å². The lowest BCUT2D eigenvalue weighted by atomic mass is 10.2. The average molecular weight is 281 g/mol. The van der Waals surface area contributed by atoms with Crippen LogP contribution in [-0.4, -0.2) is 19.6 Å². The molecule has 0 fully saturated rings. The first-order valence-corrected chi connectivity index (χ1v) is 7.36. The third-order valence-corrected chi connectivity index (χ3v) is 4.37. The second-order valence-corrected chi connectivity index (χ2v) is 5.99. The van der Waals surface area contributed by atoms with Crippen molar-refractivity contribution in [1.29, 1.82) is 0 Å². The Kier molecular flexibility index (Phi) is 4.52. The van der Waals surface area contributed by atoms with Gasteiger partial charge in [0.2, 0.25) is 0 Å². The monoisotopic (exact) mass is 281 g/mol. The van der Waals surface area contributed by atoms with Crippen LogP contribution in [0.3, 0.4) is 0 Å². The molecule has 1 unspecified atom stereocenters. The molecule has 2 heterocycles. The van der Waals surface area contributed by atoms with Crippen LogP contribution in [0.1, 0.15) is 26.2 Å². The van der Waals surface area contributed by atoms with Crippen molar-refractivity contribution in [2.45, 2.75) is 13.0 Å². The first kappa shape index (κ1) is 13.3. The minimum absolute atomic E-state index is 0.0495. The SMILES string of the molecule is COC(CNC(=O)c1ccsc1)c1ccc(C)s1. The zero-order valence-electron chi connectivity index (χ0n) is 10.3. The molecule has 96 valence electrons. The summed E-state index contributed by atoms with van der Waals surface area (Å²) in [6, 6.07) is 5.93. The van der Waals surface area contributed by atoms with E-state index in [1.165, 1.54) is 16.2 Å². The van der Waals surface area contributed by atoms with Crippen LogP contribution in [0.4, 0.5) is 0 Å². The number of carbonyl (C=O) groups is 1. The molecule has 0 spiro atoms. The molecule has 1 N–H and O–H groups in total. The second-order valence-electron chi connectivity index (χ2n) is 3.89. The summed E-state index contributed by atoms with van der Waals surface area (Å²) in [5, 5.41) is 6.63. The molecule has 1 atom stereocenters. The molecular weight excluding hydrogens is 266 g/mol. The van der Waals surface area contributed by atoms with Crippen LogP contribution >= 0.6 is 22.7 Å². The van der Waals surface area contributed by atoms with E-state index >= 15 is 0 Å². The maximum Gasteiger partial charge on any atom is 0.252 e. The van der Waals surface area contributed by atoms with Crippen molar-refractivity contribution >= 4 is 28.6 Å². The van der Waals surface area contributed by atoms with Crippen molar-refractivity contribution in [2.24, 2.45) is 0 Å². The van der Waals surface area contributed by atoms with E-state index in [1.54, 1.807) is 18.4 Å². The van der Waals surface area contributed by atoms with Crippen LogP contribution in [0.2, 0.25) is 0 Å². The van der Waals surface area contributed by atoms with Crippen LogP contribution in [0.15, 0.2) is 29.0 Å². The van der Waals surface area contributed by atoms with Gasteiger partial charge in [0.1, 0.15) is 6.10 Å². The molecule has 0 saturated heterocycles. The molecule has 0 bridgehead atoms. The Bertz CT molecular complexity index is 505. The Labute approximate surface area is 114 Å². The van der Waals surface area contributed by atoms with E-state index in [9.17, 15) is 4.79 Å². The number of rotatable bonds is 5. The quantitative estimate of drug-likeness (QED) is 0.913. The number of hydrogen-bond acceptors (Lipinski definition) is 4. The number of nitrogens with one attached hydrogen (secondary N) is 1. The zero-order chi connectivity index (χ0) is 13.0. The maximum absolute atomic E-state index is 11.8. The number of carbonyl (C=O) groups excluding carboxylic acids is 1. The smallest absolute Gasteiger partial charge is 0.252 e. The highest BCUT2D eigenvalue weighted by Gasteiger charge is 2.14. The number of aryl methyl sites for hydroxylation is 1. The van der Waals surface area contributed by atoms with E-state index in [2.05, 4.69) is 18.3 Å². The molecule has 2 aromatic rings. The molecule has 1 amide bonds. The van der Waals surface area contributed by atoms with E-state index in [0.29, 0.717) is 12.1 Å². The number of hydrogen-bond donors (Lipinski definition) is 1. The molecule has 2 aromatic heterocycles. The zero-order valence-corrected chi connectivity index (χ0v) is 11.9. The fourth-order valence-electron chi connectivity index (χ4n) is 1.61. The Morgan fingerprint density at radius 1 is 1.44 bits per heavy atom. The van der Waals surface area contributed by atoms with Gasteiger partial charge < -0.3 is 10.1 Å². The van der Waals surface area contributed by atoms with Gasteiger partial charge in [-0.2, -0.15) is 11.3 Å². The Balaban J connectivity index is 1.94. The van der Waals surface area contributed by atoms with E-state index in [0.717, 1.165) is 4.88 Å². The van der Waals surface area contributed by atoms with Crippen molar-refractivity contribution in [2.75, 3.05) is 13.7 Å². The Hall–Kier alpha value is -1.17. The lowest BCUT2D eigenvalue weighted by Gasteiger charge is -2.14. The second kappa shape index (κ2) is 6.13. The summed E-state index contributed by atoms with van der Waals surface area (Å²) < 4.78 is 5.42. The molecule has 0 radical (unpaired) electrons. The molecule has 0 aromatic carbocycles. The number of thiophene rings is 2. The van der Waals surface area contributed by atoms with Crippen molar-refractivity contribution in [3.63, 3.8) is 0 Å². The molecule has 0 aliphatic heterocycles. The molecule has 0 aliphatic carbocycles. The van der Waals surface area contributed by atoms with E-state index in [-0.39, 0.29) is 12.0 Å². The van der Waals surface area contributed by atoms with Crippen molar-refractivity contribution in [1.82, 2.24) is 5.32 Å². The largest absolute Gasteiger partial charge is 0.374 e. The van der Waals surface area contributed by atoms with Crippen LogP contribution in [0.25, 0.3) is 0 Å². The van der Waals surface area contributed by atoms with E-state index < -0.39 is 0 Å². The van der Waals surface area contributed by atoms with Gasteiger partial charge in [-0.25, -0.2) is 0 Å². The molecule has 2 rings (SSSR count). The average Bonchev–Trinajstić information content (AvgIpc) is 3.01. The first-order valence-electron chi connectivity index (χ1n) is 5.60. The normalized spacial score (nSPS) is 12.3. The summed E-state index contributed by atoms with van der Waals surface area (Å²) in [6.45, 7) is 2.55. The lowest BCUT2D eigenvalue weighted by Crippen LogP contribution is -2.28. The number of ether oxygens (including phenoxy) is 1. The number of amides is 1.